The summed E-state index contributed by atoms with van der Waals surface area (Å²) in [4.78, 5) is 9.78. The number of aliphatic imine (C=N–C) groups is 1. The molecule has 172 valence electrons. The lowest BCUT2D eigenvalue weighted by atomic mass is 9.90. The molecule has 1 N–H and O–H groups in total. The molecule has 2 heterocycles. The largest absolute Gasteiger partial charge is 0.381 e. The number of hydrogen-bond donors (Lipinski definition) is 1. The van der Waals surface area contributed by atoms with E-state index in [-0.39, 0.29) is 6.04 Å². The molecule has 0 fully saturated rings. The number of benzene rings is 1. The molecular formula is C27H37ClN4. The Morgan fingerprint density at radius 1 is 1.28 bits per heavy atom. The van der Waals surface area contributed by atoms with Gasteiger partial charge in [0.15, 0.2) is 0 Å². The molecule has 1 unspecified atom stereocenters. The quantitative estimate of drug-likeness (QED) is 0.389. The highest BCUT2D eigenvalue weighted by molar-refractivity contribution is 6.30. The Balaban J connectivity index is 1.80. The van der Waals surface area contributed by atoms with Crippen LogP contribution in [0.2, 0.25) is 5.02 Å². The zero-order valence-corrected chi connectivity index (χ0v) is 20.4. The molecule has 0 radical (unpaired) electrons. The van der Waals surface area contributed by atoms with Crippen LogP contribution in [0.3, 0.4) is 0 Å². The van der Waals surface area contributed by atoms with Crippen molar-refractivity contribution in [3.05, 3.63) is 83.5 Å². The maximum absolute atomic E-state index is 6.09. The molecule has 3 rings (SSSR count). The molecule has 32 heavy (non-hydrogen) atoms. The third kappa shape index (κ3) is 5.86. The molecule has 0 aromatic heterocycles. The van der Waals surface area contributed by atoms with Crippen molar-refractivity contribution in [3.63, 3.8) is 0 Å². The van der Waals surface area contributed by atoms with E-state index in [1.807, 2.05) is 30.5 Å². The summed E-state index contributed by atoms with van der Waals surface area (Å²) in [5.41, 5.74) is 5.65. The van der Waals surface area contributed by atoms with Crippen molar-refractivity contribution in [2.24, 2.45) is 4.99 Å². The standard InChI is InChI=1S/C27H37ClN4/c1-6-8-12-25-26-24(17-19-32(25)20(3)11-9-10-18-31(5)7-2)21(4)29-27(30-26)22-13-15-23(28)16-14-22/h7,13-16,25H,2-4,6,8-12,17-19H2,1,5H3,(H,29,30). The lowest BCUT2D eigenvalue weighted by molar-refractivity contribution is 0.240. The lowest BCUT2D eigenvalue weighted by Crippen LogP contribution is -2.43. The molecule has 0 saturated carbocycles. The van der Waals surface area contributed by atoms with Crippen molar-refractivity contribution in [1.29, 1.82) is 0 Å². The van der Waals surface area contributed by atoms with E-state index in [1.165, 1.54) is 24.1 Å². The minimum absolute atomic E-state index is 0.253. The van der Waals surface area contributed by atoms with E-state index in [0.717, 1.165) is 73.0 Å². The Hall–Kier alpha value is -2.46. The van der Waals surface area contributed by atoms with Crippen LogP contribution in [0.4, 0.5) is 0 Å². The van der Waals surface area contributed by atoms with E-state index in [2.05, 4.69) is 48.8 Å². The Bertz CT molecular complexity index is 897. The number of unbranched alkanes of at least 4 members (excludes halogenated alkanes) is 2. The summed E-state index contributed by atoms with van der Waals surface area (Å²) < 4.78 is 0. The van der Waals surface area contributed by atoms with Crippen LogP contribution in [0.5, 0.6) is 0 Å². The molecular weight excluding hydrogens is 416 g/mol. The second-order valence-electron chi connectivity index (χ2n) is 8.72. The summed E-state index contributed by atoms with van der Waals surface area (Å²) in [5, 5.41) is 4.16. The highest BCUT2D eigenvalue weighted by Crippen LogP contribution is 2.36. The lowest BCUT2D eigenvalue weighted by Gasteiger charge is -2.42. The first-order chi connectivity index (χ1) is 15.4. The van der Waals surface area contributed by atoms with Crippen LogP contribution in [-0.4, -0.2) is 41.8 Å². The number of amidine groups is 1. The Labute approximate surface area is 199 Å². The molecule has 1 aromatic carbocycles. The Kier molecular flexibility index (Phi) is 8.63. The maximum atomic E-state index is 6.09. The van der Waals surface area contributed by atoms with E-state index >= 15 is 0 Å². The van der Waals surface area contributed by atoms with Crippen LogP contribution >= 0.6 is 11.6 Å². The summed E-state index contributed by atoms with van der Waals surface area (Å²) in [6.07, 6.45) is 9.53. The number of allylic oxidation sites excluding steroid dienone is 2. The smallest absolute Gasteiger partial charge is 0.138 e. The molecule has 0 aliphatic carbocycles. The van der Waals surface area contributed by atoms with Gasteiger partial charge in [-0.05, 0) is 62.6 Å². The first-order valence-corrected chi connectivity index (χ1v) is 12.1. The maximum Gasteiger partial charge on any atom is 0.138 e. The average molecular weight is 453 g/mol. The molecule has 0 spiro atoms. The van der Waals surface area contributed by atoms with Crippen molar-refractivity contribution in [2.75, 3.05) is 20.1 Å². The zero-order chi connectivity index (χ0) is 23.1. The van der Waals surface area contributed by atoms with E-state index in [4.69, 9.17) is 16.6 Å². The number of halogens is 1. The normalized spacial score (nSPS) is 18.1. The van der Waals surface area contributed by atoms with Gasteiger partial charge < -0.3 is 15.1 Å². The molecule has 2 aliphatic heterocycles. The van der Waals surface area contributed by atoms with Gasteiger partial charge in [-0.15, -0.1) is 0 Å². The number of nitrogens with one attached hydrogen (secondary N) is 1. The summed E-state index contributed by atoms with van der Waals surface area (Å²) in [7, 11) is 2.07. The Morgan fingerprint density at radius 3 is 2.72 bits per heavy atom. The molecule has 0 bridgehead atoms. The number of hydrogen-bond acceptors (Lipinski definition) is 4. The minimum atomic E-state index is 0.253. The molecule has 0 amide bonds. The molecule has 2 aliphatic rings. The van der Waals surface area contributed by atoms with Gasteiger partial charge in [0.05, 0.1) is 11.7 Å². The third-order valence-electron chi connectivity index (χ3n) is 6.36. The van der Waals surface area contributed by atoms with Gasteiger partial charge in [-0.3, -0.25) is 0 Å². The van der Waals surface area contributed by atoms with Crippen molar-refractivity contribution in [1.82, 2.24) is 15.1 Å². The van der Waals surface area contributed by atoms with Crippen molar-refractivity contribution in [3.8, 4) is 0 Å². The van der Waals surface area contributed by atoms with E-state index < -0.39 is 0 Å². The number of nitrogens with zero attached hydrogens (tertiary/aromatic N) is 3. The van der Waals surface area contributed by atoms with Gasteiger partial charge in [-0.1, -0.05) is 51.1 Å². The fourth-order valence-electron chi connectivity index (χ4n) is 4.42. The third-order valence-corrected chi connectivity index (χ3v) is 6.61. The molecule has 1 atom stereocenters. The van der Waals surface area contributed by atoms with Gasteiger partial charge in [-0.25, -0.2) is 4.99 Å². The molecule has 5 heteroatoms. The van der Waals surface area contributed by atoms with Gasteiger partial charge in [-0.2, -0.15) is 0 Å². The van der Waals surface area contributed by atoms with E-state index in [1.54, 1.807) is 0 Å². The Morgan fingerprint density at radius 2 is 2.03 bits per heavy atom. The van der Waals surface area contributed by atoms with Crippen LogP contribution in [0.15, 0.2) is 77.9 Å². The second-order valence-corrected chi connectivity index (χ2v) is 9.16. The molecule has 1 aromatic rings. The van der Waals surface area contributed by atoms with Crippen molar-refractivity contribution < 1.29 is 0 Å². The van der Waals surface area contributed by atoms with Crippen molar-refractivity contribution in [2.45, 2.75) is 57.9 Å². The van der Waals surface area contributed by atoms with Crippen LogP contribution in [-0.2, 0) is 0 Å². The van der Waals surface area contributed by atoms with Crippen LogP contribution < -0.4 is 5.32 Å². The fraction of sp³-hybridized carbons (Fsp3) is 0.444. The molecule has 0 saturated heterocycles. The van der Waals surface area contributed by atoms with Crippen LogP contribution in [0.1, 0.15) is 57.4 Å². The van der Waals surface area contributed by atoms with Gasteiger partial charge in [0.2, 0.25) is 0 Å². The fourth-order valence-corrected chi connectivity index (χ4v) is 4.54. The molecule has 4 nitrogen and oxygen atoms in total. The summed E-state index contributed by atoms with van der Waals surface area (Å²) in [5.74, 6) is 0.854. The van der Waals surface area contributed by atoms with E-state index in [9.17, 15) is 0 Å². The highest BCUT2D eigenvalue weighted by atomic mass is 35.5. The average Bonchev–Trinajstić information content (AvgIpc) is 2.80. The predicted molar refractivity (Wildman–Crippen MR) is 138 cm³/mol. The van der Waals surface area contributed by atoms with Crippen LogP contribution in [0.25, 0.3) is 0 Å². The topological polar surface area (TPSA) is 30.9 Å². The highest BCUT2D eigenvalue weighted by Gasteiger charge is 2.33. The number of rotatable bonds is 11. The van der Waals surface area contributed by atoms with Gasteiger partial charge in [0, 0.05) is 47.7 Å². The second kappa shape index (κ2) is 11.4. The zero-order valence-electron chi connectivity index (χ0n) is 19.7. The first-order valence-electron chi connectivity index (χ1n) is 11.8. The SMILES string of the molecule is C=CN(C)CCCCC(=C)N1CCC2=C(N=C(c3ccc(Cl)cc3)NC2=C)C1CCCC. The van der Waals surface area contributed by atoms with Gasteiger partial charge in [0.1, 0.15) is 5.84 Å². The minimum Gasteiger partial charge on any atom is -0.381 e. The predicted octanol–water partition coefficient (Wildman–Crippen LogP) is 6.48. The van der Waals surface area contributed by atoms with E-state index in [0.29, 0.717) is 0 Å². The van der Waals surface area contributed by atoms with Gasteiger partial charge >= 0.3 is 0 Å². The first kappa shape index (κ1) is 24.2. The monoisotopic (exact) mass is 452 g/mol. The summed E-state index contributed by atoms with van der Waals surface area (Å²) >= 11 is 6.09. The van der Waals surface area contributed by atoms with Crippen LogP contribution in [0, 0.1) is 0 Å². The summed E-state index contributed by atoms with van der Waals surface area (Å²) in [6.45, 7) is 16.9. The summed E-state index contributed by atoms with van der Waals surface area (Å²) in [6, 6.07) is 8.08. The van der Waals surface area contributed by atoms with Crippen molar-refractivity contribution >= 4 is 17.4 Å². The van der Waals surface area contributed by atoms with Gasteiger partial charge in [0.25, 0.3) is 0 Å².